The number of aromatic nitrogens is 1. The number of halogens is 7. The van der Waals surface area contributed by atoms with E-state index < -0.39 is 36.2 Å². The molecule has 0 aliphatic rings. The van der Waals surface area contributed by atoms with Crippen molar-refractivity contribution in [2.75, 3.05) is 0 Å². The molecule has 102 valence electrons. The molecule has 0 atom stereocenters. The average molecular weight is 387 g/mol. The lowest BCUT2D eigenvalue weighted by Crippen LogP contribution is -2.21. The van der Waals surface area contributed by atoms with Crippen LogP contribution >= 0.6 is 22.6 Å². The highest BCUT2D eigenvalue weighted by atomic mass is 127. The normalized spacial score (nSPS) is 12.7. The Morgan fingerprint density at radius 3 is 2.17 bits per heavy atom. The van der Waals surface area contributed by atoms with Crippen molar-refractivity contribution >= 4 is 22.6 Å². The number of hydrogen-bond donors (Lipinski definition) is 1. The fourth-order valence-electron chi connectivity index (χ4n) is 1.12. The van der Waals surface area contributed by atoms with Gasteiger partial charge >= 0.3 is 12.5 Å². The van der Waals surface area contributed by atoms with Crippen LogP contribution in [0.1, 0.15) is 11.1 Å². The SMILES string of the molecule is OCc1c(C(F)(F)F)cc(I)nc1OC(F)(F)F. The zero-order valence-corrected chi connectivity index (χ0v) is 10.4. The first-order chi connectivity index (χ1) is 8.04. The number of nitrogens with zero attached hydrogens (tertiary/aromatic N) is 1. The molecule has 0 bridgehead atoms. The first-order valence-electron chi connectivity index (χ1n) is 4.18. The van der Waals surface area contributed by atoms with E-state index in [-0.39, 0.29) is 3.70 Å². The molecule has 0 aliphatic carbocycles. The van der Waals surface area contributed by atoms with Crippen molar-refractivity contribution in [3.05, 3.63) is 20.9 Å². The van der Waals surface area contributed by atoms with Gasteiger partial charge in [-0.2, -0.15) is 13.2 Å². The molecule has 0 saturated heterocycles. The quantitative estimate of drug-likeness (QED) is 0.482. The van der Waals surface area contributed by atoms with E-state index in [9.17, 15) is 26.3 Å². The second-order valence-corrected chi connectivity index (χ2v) is 4.09. The second kappa shape index (κ2) is 5.07. The van der Waals surface area contributed by atoms with E-state index in [1.54, 1.807) is 0 Å². The van der Waals surface area contributed by atoms with Crippen molar-refractivity contribution in [1.29, 1.82) is 0 Å². The lowest BCUT2D eigenvalue weighted by molar-refractivity contribution is -0.276. The third-order valence-corrected chi connectivity index (χ3v) is 2.28. The van der Waals surface area contributed by atoms with Gasteiger partial charge in [-0.1, -0.05) is 0 Å². The van der Waals surface area contributed by atoms with Gasteiger partial charge in [0, 0.05) is 0 Å². The van der Waals surface area contributed by atoms with E-state index >= 15 is 0 Å². The van der Waals surface area contributed by atoms with E-state index in [4.69, 9.17) is 5.11 Å². The summed E-state index contributed by atoms with van der Waals surface area (Å²) in [5.41, 5.74) is -2.47. The van der Waals surface area contributed by atoms with Gasteiger partial charge in [0.05, 0.1) is 17.7 Å². The van der Waals surface area contributed by atoms with Crippen molar-refractivity contribution in [3.63, 3.8) is 0 Å². The molecule has 10 heteroatoms. The van der Waals surface area contributed by atoms with Gasteiger partial charge in [-0.3, -0.25) is 0 Å². The second-order valence-electron chi connectivity index (χ2n) is 2.98. The molecule has 0 spiro atoms. The van der Waals surface area contributed by atoms with E-state index in [1.165, 1.54) is 22.6 Å². The topological polar surface area (TPSA) is 42.4 Å². The summed E-state index contributed by atoms with van der Waals surface area (Å²) >= 11 is 1.32. The van der Waals surface area contributed by atoms with E-state index in [1.807, 2.05) is 0 Å². The summed E-state index contributed by atoms with van der Waals surface area (Å²) in [6.45, 7) is -1.27. The van der Waals surface area contributed by atoms with Crippen molar-refractivity contribution in [1.82, 2.24) is 4.98 Å². The summed E-state index contributed by atoms with van der Waals surface area (Å²) in [4.78, 5) is 3.19. The minimum atomic E-state index is -5.19. The number of aliphatic hydroxyl groups is 1. The van der Waals surface area contributed by atoms with Gasteiger partial charge in [0.1, 0.15) is 3.70 Å². The smallest absolute Gasteiger partial charge is 0.391 e. The maximum absolute atomic E-state index is 12.5. The molecular weight excluding hydrogens is 383 g/mol. The van der Waals surface area contributed by atoms with Crippen LogP contribution in [0, 0.1) is 3.70 Å². The minimum absolute atomic E-state index is 0.337. The van der Waals surface area contributed by atoms with E-state index in [0.29, 0.717) is 6.07 Å². The van der Waals surface area contributed by atoms with Crippen molar-refractivity contribution < 1.29 is 36.2 Å². The van der Waals surface area contributed by atoms with Crippen molar-refractivity contribution in [2.45, 2.75) is 19.1 Å². The van der Waals surface area contributed by atoms with Crippen LogP contribution in [0.15, 0.2) is 6.07 Å². The Kier molecular flexibility index (Phi) is 4.30. The molecule has 0 aromatic carbocycles. The summed E-state index contributed by atoms with van der Waals surface area (Å²) in [7, 11) is 0. The number of hydrogen-bond acceptors (Lipinski definition) is 3. The standard InChI is InChI=1S/C8H4F6INO2/c9-7(10,11)4-1-5(15)16-6(3(4)2-17)18-8(12,13)14/h1,17H,2H2. The highest BCUT2D eigenvalue weighted by Gasteiger charge is 2.39. The lowest BCUT2D eigenvalue weighted by atomic mass is 10.1. The monoisotopic (exact) mass is 387 g/mol. The summed E-state index contributed by atoms with van der Waals surface area (Å²) < 4.78 is 76.6. The van der Waals surface area contributed by atoms with E-state index in [0.717, 1.165) is 0 Å². The molecule has 1 N–H and O–H groups in total. The molecule has 1 heterocycles. The van der Waals surface area contributed by atoms with Gasteiger partial charge in [0.15, 0.2) is 0 Å². The first kappa shape index (κ1) is 15.3. The molecule has 0 amide bonds. The molecule has 0 fully saturated rings. The molecule has 1 aromatic rings. The van der Waals surface area contributed by atoms with Crippen LogP contribution in [0.5, 0.6) is 5.88 Å². The zero-order chi connectivity index (χ0) is 14.1. The Morgan fingerprint density at radius 2 is 1.78 bits per heavy atom. The molecule has 0 radical (unpaired) electrons. The number of ether oxygens (including phenoxy) is 1. The number of aliphatic hydroxyl groups excluding tert-OH is 1. The first-order valence-corrected chi connectivity index (χ1v) is 5.25. The van der Waals surface area contributed by atoms with Gasteiger partial charge < -0.3 is 9.84 Å². The van der Waals surface area contributed by atoms with Crippen LogP contribution in [0.25, 0.3) is 0 Å². The van der Waals surface area contributed by atoms with Crippen LogP contribution in [0.2, 0.25) is 0 Å². The van der Waals surface area contributed by atoms with Crippen LogP contribution in [0.4, 0.5) is 26.3 Å². The maximum Gasteiger partial charge on any atom is 0.574 e. The van der Waals surface area contributed by atoms with Crippen molar-refractivity contribution in [3.8, 4) is 5.88 Å². The minimum Gasteiger partial charge on any atom is -0.391 e. The zero-order valence-electron chi connectivity index (χ0n) is 8.23. The Bertz CT molecular complexity index is 444. The molecule has 1 aromatic heterocycles. The van der Waals surface area contributed by atoms with Crippen LogP contribution < -0.4 is 4.74 Å². The molecule has 18 heavy (non-hydrogen) atoms. The number of alkyl halides is 6. The molecule has 0 saturated carbocycles. The molecular formula is C8H4F6INO2. The fourth-order valence-corrected chi connectivity index (χ4v) is 1.65. The van der Waals surface area contributed by atoms with Crippen LogP contribution in [-0.4, -0.2) is 16.5 Å². The number of pyridine rings is 1. The Labute approximate surface area is 110 Å². The van der Waals surface area contributed by atoms with Gasteiger partial charge in [-0.25, -0.2) is 4.98 Å². The van der Waals surface area contributed by atoms with E-state index in [2.05, 4.69) is 9.72 Å². The van der Waals surface area contributed by atoms with Gasteiger partial charge in [-0.15, -0.1) is 13.2 Å². The average Bonchev–Trinajstić information content (AvgIpc) is 2.12. The predicted molar refractivity (Wildman–Crippen MR) is 54.6 cm³/mol. The lowest BCUT2D eigenvalue weighted by Gasteiger charge is -2.16. The summed E-state index contributed by atoms with van der Waals surface area (Å²) in [5.74, 6) is -1.30. The van der Waals surface area contributed by atoms with Crippen molar-refractivity contribution in [2.24, 2.45) is 0 Å². The molecule has 0 aliphatic heterocycles. The van der Waals surface area contributed by atoms with Crippen LogP contribution in [-0.2, 0) is 12.8 Å². The van der Waals surface area contributed by atoms with Crippen LogP contribution in [0.3, 0.4) is 0 Å². The molecule has 0 unspecified atom stereocenters. The highest BCUT2D eigenvalue weighted by Crippen LogP contribution is 2.37. The number of rotatable bonds is 2. The van der Waals surface area contributed by atoms with Gasteiger partial charge in [-0.05, 0) is 28.7 Å². The summed E-state index contributed by atoms with van der Waals surface area (Å²) in [6, 6.07) is 0.523. The third-order valence-electron chi connectivity index (χ3n) is 1.73. The fraction of sp³-hybridized carbons (Fsp3) is 0.375. The predicted octanol–water partition coefficient (Wildman–Crippen LogP) is 3.10. The molecule has 1 rings (SSSR count). The molecule has 3 nitrogen and oxygen atoms in total. The van der Waals surface area contributed by atoms with Gasteiger partial charge in [0.2, 0.25) is 5.88 Å². The highest BCUT2D eigenvalue weighted by molar-refractivity contribution is 14.1. The summed E-state index contributed by atoms with van der Waals surface area (Å²) in [6.07, 6.45) is -10.1. The Hall–Kier alpha value is -0.780. The Morgan fingerprint density at radius 1 is 1.22 bits per heavy atom. The third kappa shape index (κ3) is 3.86. The van der Waals surface area contributed by atoms with Gasteiger partial charge in [0.25, 0.3) is 0 Å². The Balaban J connectivity index is 3.39. The maximum atomic E-state index is 12.5. The largest absolute Gasteiger partial charge is 0.574 e. The summed E-state index contributed by atoms with van der Waals surface area (Å²) in [5, 5.41) is 8.76.